The van der Waals surface area contributed by atoms with E-state index in [0.29, 0.717) is 51.1 Å². The minimum absolute atomic E-state index is 0.186. The van der Waals surface area contributed by atoms with Gasteiger partial charge in [-0.25, -0.2) is 9.79 Å². The van der Waals surface area contributed by atoms with Gasteiger partial charge in [-0.05, 0) is 80.8 Å². The van der Waals surface area contributed by atoms with Gasteiger partial charge in [0.05, 0.1) is 42.7 Å². The van der Waals surface area contributed by atoms with Crippen LogP contribution in [0.1, 0.15) is 42.1 Å². The normalized spacial score (nSPS) is 14.4. The number of carbonyl (C=O) groups excluding carboxylic acids is 1. The van der Waals surface area contributed by atoms with Crippen LogP contribution in [0, 0.1) is 13.8 Å². The number of thiazole rings is 1. The predicted octanol–water partition coefficient (Wildman–Crippen LogP) is 4.89. The van der Waals surface area contributed by atoms with E-state index in [0.717, 1.165) is 16.9 Å². The maximum absolute atomic E-state index is 14.1. The number of aryl methyl sites for hydroxylation is 2. The molecule has 0 unspecified atom stereocenters. The number of ether oxygens (including phenoxy) is 5. The van der Waals surface area contributed by atoms with Crippen molar-refractivity contribution < 1.29 is 28.5 Å². The molecule has 0 aliphatic carbocycles. The van der Waals surface area contributed by atoms with E-state index in [1.807, 2.05) is 55.5 Å². The SMILES string of the molecule is CCOC(=O)C1=C(C)N=c2s/c(=C/c3ccccc3OCCOc3ccc(C)c(C)c3)c(=O)n2[C@H]1c1ccc(OC)c(OC)c1. The Morgan fingerprint density at radius 1 is 0.911 bits per heavy atom. The van der Waals surface area contributed by atoms with E-state index >= 15 is 0 Å². The average molecular weight is 629 g/mol. The quantitative estimate of drug-likeness (QED) is 0.172. The van der Waals surface area contributed by atoms with E-state index in [1.54, 1.807) is 39.2 Å². The first-order chi connectivity index (χ1) is 21.7. The summed E-state index contributed by atoms with van der Waals surface area (Å²) < 4.78 is 30.3. The summed E-state index contributed by atoms with van der Waals surface area (Å²) in [7, 11) is 3.09. The summed E-state index contributed by atoms with van der Waals surface area (Å²) in [4.78, 5) is 32.5. The molecule has 0 N–H and O–H groups in total. The number of fused-ring (bicyclic) bond motifs is 1. The molecule has 0 amide bonds. The molecule has 1 aromatic heterocycles. The summed E-state index contributed by atoms with van der Waals surface area (Å²) in [5, 5.41) is 0. The molecular formula is C35H36N2O7S. The lowest BCUT2D eigenvalue weighted by atomic mass is 9.95. The van der Waals surface area contributed by atoms with E-state index in [-0.39, 0.29) is 17.7 Å². The maximum atomic E-state index is 14.1. The van der Waals surface area contributed by atoms with E-state index in [1.165, 1.54) is 28.6 Å². The minimum atomic E-state index is -0.781. The number of benzene rings is 3. The van der Waals surface area contributed by atoms with Gasteiger partial charge in [0.1, 0.15) is 24.7 Å². The molecule has 0 bridgehead atoms. The van der Waals surface area contributed by atoms with Crippen molar-refractivity contribution in [3.05, 3.63) is 114 Å². The van der Waals surface area contributed by atoms with E-state index in [9.17, 15) is 9.59 Å². The second kappa shape index (κ2) is 13.9. The molecule has 9 nitrogen and oxygen atoms in total. The van der Waals surface area contributed by atoms with Crippen LogP contribution in [0.5, 0.6) is 23.0 Å². The van der Waals surface area contributed by atoms with Crippen molar-refractivity contribution in [3.63, 3.8) is 0 Å². The summed E-state index contributed by atoms with van der Waals surface area (Å²) in [5.74, 6) is 1.88. The van der Waals surface area contributed by atoms with Crippen LogP contribution in [0.3, 0.4) is 0 Å². The van der Waals surface area contributed by atoms with Crippen LogP contribution < -0.4 is 33.8 Å². The summed E-state index contributed by atoms with van der Waals surface area (Å²) in [6.45, 7) is 8.47. The molecular weight excluding hydrogens is 592 g/mol. The first-order valence-electron chi connectivity index (χ1n) is 14.6. The molecule has 0 fully saturated rings. The number of esters is 1. The lowest BCUT2D eigenvalue weighted by Crippen LogP contribution is -2.40. The number of hydrogen-bond donors (Lipinski definition) is 0. The number of rotatable bonds is 11. The highest BCUT2D eigenvalue weighted by Gasteiger charge is 2.34. The summed E-state index contributed by atoms with van der Waals surface area (Å²) in [6.07, 6.45) is 1.79. The fraction of sp³-hybridized carbons (Fsp3) is 0.286. The third-order valence-corrected chi connectivity index (χ3v) is 8.52. The van der Waals surface area contributed by atoms with Crippen LogP contribution in [-0.4, -0.2) is 44.6 Å². The Morgan fingerprint density at radius 3 is 2.40 bits per heavy atom. The van der Waals surface area contributed by atoms with E-state index in [4.69, 9.17) is 23.7 Å². The molecule has 234 valence electrons. The lowest BCUT2D eigenvalue weighted by Gasteiger charge is -2.25. The largest absolute Gasteiger partial charge is 0.493 e. The van der Waals surface area contributed by atoms with E-state index in [2.05, 4.69) is 11.9 Å². The third kappa shape index (κ3) is 6.66. The van der Waals surface area contributed by atoms with Crippen LogP contribution >= 0.6 is 11.3 Å². The van der Waals surface area contributed by atoms with Gasteiger partial charge in [0, 0.05) is 5.56 Å². The molecule has 3 aromatic carbocycles. The average Bonchev–Trinajstić information content (AvgIpc) is 3.34. The van der Waals surface area contributed by atoms with Gasteiger partial charge in [-0.1, -0.05) is 41.7 Å². The number of methoxy groups -OCH3 is 2. The molecule has 1 atom stereocenters. The fourth-order valence-electron chi connectivity index (χ4n) is 5.12. The number of nitrogens with zero attached hydrogens (tertiary/aromatic N) is 2. The summed E-state index contributed by atoms with van der Waals surface area (Å²) in [5.41, 5.74) is 4.24. The Labute approximate surface area is 265 Å². The molecule has 4 aromatic rings. The number of para-hydroxylation sites is 1. The zero-order valence-corrected chi connectivity index (χ0v) is 27.0. The minimum Gasteiger partial charge on any atom is -0.493 e. The fourth-order valence-corrected chi connectivity index (χ4v) is 6.15. The van der Waals surface area contributed by atoms with Gasteiger partial charge >= 0.3 is 5.97 Å². The van der Waals surface area contributed by atoms with Gasteiger partial charge in [0.15, 0.2) is 16.3 Å². The van der Waals surface area contributed by atoms with Crippen LogP contribution in [-0.2, 0) is 9.53 Å². The van der Waals surface area contributed by atoms with Crippen LogP contribution in [0.4, 0.5) is 0 Å². The van der Waals surface area contributed by atoms with Crippen LogP contribution in [0.15, 0.2) is 81.7 Å². The molecule has 0 radical (unpaired) electrons. The highest BCUT2D eigenvalue weighted by molar-refractivity contribution is 7.07. The van der Waals surface area contributed by atoms with Crippen molar-refractivity contribution in [1.82, 2.24) is 4.57 Å². The monoisotopic (exact) mass is 628 g/mol. The van der Waals surface area contributed by atoms with Gasteiger partial charge in [-0.2, -0.15) is 0 Å². The highest BCUT2D eigenvalue weighted by Crippen LogP contribution is 2.36. The second-order valence-electron chi connectivity index (χ2n) is 10.4. The second-order valence-corrected chi connectivity index (χ2v) is 11.4. The molecule has 45 heavy (non-hydrogen) atoms. The van der Waals surface area contributed by atoms with Gasteiger partial charge < -0.3 is 23.7 Å². The number of allylic oxidation sites excluding steroid dienone is 1. The molecule has 10 heteroatoms. The number of hydrogen-bond acceptors (Lipinski definition) is 9. The van der Waals surface area contributed by atoms with Gasteiger partial charge in [-0.15, -0.1) is 0 Å². The van der Waals surface area contributed by atoms with Crippen molar-refractivity contribution in [2.75, 3.05) is 34.0 Å². The number of carbonyl (C=O) groups is 1. The Bertz CT molecular complexity index is 1940. The van der Waals surface area contributed by atoms with Crippen molar-refractivity contribution in [2.45, 2.75) is 33.7 Å². The maximum Gasteiger partial charge on any atom is 0.338 e. The Hall–Kier alpha value is -4.83. The van der Waals surface area contributed by atoms with Crippen molar-refractivity contribution >= 4 is 23.4 Å². The summed E-state index contributed by atoms with van der Waals surface area (Å²) in [6, 6.07) is 18.0. The smallest absolute Gasteiger partial charge is 0.338 e. The van der Waals surface area contributed by atoms with Gasteiger partial charge in [0.2, 0.25) is 0 Å². The first-order valence-corrected chi connectivity index (χ1v) is 15.4. The molecule has 0 saturated carbocycles. The van der Waals surface area contributed by atoms with Crippen LogP contribution in [0.25, 0.3) is 6.08 Å². The summed E-state index contributed by atoms with van der Waals surface area (Å²) >= 11 is 1.25. The van der Waals surface area contributed by atoms with Crippen molar-refractivity contribution in [1.29, 1.82) is 0 Å². The topological polar surface area (TPSA) is 97.6 Å². The highest BCUT2D eigenvalue weighted by atomic mass is 32.1. The Balaban J connectivity index is 1.50. The Morgan fingerprint density at radius 2 is 1.67 bits per heavy atom. The van der Waals surface area contributed by atoms with E-state index < -0.39 is 12.0 Å². The molecule has 5 rings (SSSR count). The molecule has 1 aliphatic rings. The van der Waals surface area contributed by atoms with Gasteiger partial charge in [-0.3, -0.25) is 9.36 Å². The third-order valence-electron chi connectivity index (χ3n) is 7.53. The van der Waals surface area contributed by atoms with Gasteiger partial charge in [0.25, 0.3) is 5.56 Å². The lowest BCUT2D eigenvalue weighted by molar-refractivity contribution is -0.139. The molecule has 0 saturated heterocycles. The molecule has 2 heterocycles. The number of aromatic nitrogens is 1. The van der Waals surface area contributed by atoms with Crippen molar-refractivity contribution in [2.24, 2.45) is 4.99 Å². The zero-order valence-electron chi connectivity index (χ0n) is 26.2. The van der Waals surface area contributed by atoms with Crippen LogP contribution in [0.2, 0.25) is 0 Å². The predicted molar refractivity (Wildman–Crippen MR) is 173 cm³/mol. The first kappa shape index (κ1) is 31.6. The Kier molecular flexibility index (Phi) is 9.73. The molecule has 1 aliphatic heterocycles. The standard InChI is InChI=1S/C35H36N2O7S/c1-7-42-34(39)31-23(4)36-35-37(32(31)25-13-15-28(40-5)29(19-25)41-6)33(38)30(45-35)20-24-10-8-9-11-27(24)44-17-16-43-26-14-12-21(2)22(3)18-26/h8-15,18-20,32H,7,16-17H2,1-6H3/b30-20+/t32-/m0/s1. The molecule has 0 spiro atoms. The zero-order chi connectivity index (χ0) is 32.1. The van der Waals surface area contributed by atoms with Crippen molar-refractivity contribution in [3.8, 4) is 23.0 Å².